The number of hydrogen-bond donors (Lipinski definition) is 1. The van der Waals surface area contributed by atoms with Crippen LogP contribution in [0.5, 0.6) is 0 Å². The molecule has 1 saturated heterocycles. The van der Waals surface area contributed by atoms with Crippen LogP contribution < -0.4 is 5.32 Å². The molecule has 2 unspecified atom stereocenters. The third-order valence-electron chi connectivity index (χ3n) is 3.45. The molecule has 0 spiro atoms. The number of ether oxygens (including phenoxy) is 2. The van der Waals surface area contributed by atoms with Gasteiger partial charge in [-0.05, 0) is 31.4 Å². The standard InChI is InChI=1S/C16H25NO2/c1-2-10-17-16(14-7-4-3-5-8-14)13-18-12-15-9-6-11-19-15/h3-5,7-8,15-17H,2,6,9-13H2,1H3. The van der Waals surface area contributed by atoms with Crippen molar-refractivity contribution in [3.63, 3.8) is 0 Å². The summed E-state index contributed by atoms with van der Waals surface area (Å²) in [6, 6.07) is 10.8. The molecule has 106 valence electrons. The molecule has 1 aromatic rings. The van der Waals surface area contributed by atoms with Crippen LogP contribution in [0, 0.1) is 0 Å². The Morgan fingerprint density at radius 1 is 1.37 bits per heavy atom. The third-order valence-corrected chi connectivity index (χ3v) is 3.45. The van der Waals surface area contributed by atoms with Crippen molar-refractivity contribution in [2.45, 2.75) is 38.3 Å². The molecule has 3 heteroatoms. The second kappa shape index (κ2) is 8.31. The van der Waals surface area contributed by atoms with Gasteiger partial charge in [0.1, 0.15) is 0 Å². The van der Waals surface area contributed by atoms with Crippen LogP contribution in [0.3, 0.4) is 0 Å². The Morgan fingerprint density at radius 3 is 2.89 bits per heavy atom. The van der Waals surface area contributed by atoms with Crippen molar-refractivity contribution in [1.82, 2.24) is 5.32 Å². The van der Waals surface area contributed by atoms with Gasteiger partial charge in [-0.25, -0.2) is 0 Å². The van der Waals surface area contributed by atoms with Crippen molar-refractivity contribution >= 4 is 0 Å². The first-order valence-corrected chi connectivity index (χ1v) is 7.38. The van der Waals surface area contributed by atoms with Gasteiger partial charge in [-0.15, -0.1) is 0 Å². The molecule has 0 radical (unpaired) electrons. The summed E-state index contributed by atoms with van der Waals surface area (Å²) in [5.41, 5.74) is 1.29. The van der Waals surface area contributed by atoms with E-state index >= 15 is 0 Å². The molecule has 1 fully saturated rings. The molecule has 0 bridgehead atoms. The van der Waals surface area contributed by atoms with E-state index in [1.54, 1.807) is 0 Å². The van der Waals surface area contributed by atoms with Gasteiger partial charge in [-0.1, -0.05) is 37.3 Å². The molecular weight excluding hydrogens is 238 g/mol. The Labute approximate surface area is 116 Å². The van der Waals surface area contributed by atoms with Gasteiger partial charge in [-0.2, -0.15) is 0 Å². The van der Waals surface area contributed by atoms with Crippen LogP contribution in [-0.4, -0.2) is 32.5 Å². The number of hydrogen-bond acceptors (Lipinski definition) is 3. The lowest BCUT2D eigenvalue weighted by molar-refractivity contribution is 0.00997. The van der Waals surface area contributed by atoms with Crippen LogP contribution >= 0.6 is 0 Å². The van der Waals surface area contributed by atoms with Crippen molar-refractivity contribution < 1.29 is 9.47 Å². The van der Waals surface area contributed by atoms with E-state index in [-0.39, 0.29) is 6.04 Å². The molecule has 2 rings (SSSR count). The van der Waals surface area contributed by atoms with Crippen molar-refractivity contribution in [3.05, 3.63) is 35.9 Å². The maximum atomic E-state index is 5.84. The summed E-state index contributed by atoms with van der Waals surface area (Å²) in [6.45, 7) is 5.52. The van der Waals surface area contributed by atoms with E-state index < -0.39 is 0 Å². The molecule has 1 heterocycles. The molecular formula is C16H25NO2. The highest BCUT2D eigenvalue weighted by molar-refractivity contribution is 5.18. The van der Waals surface area contributed by atoms with Gasteiger partial charge in [0.15, 0.2) is 0 Å². The van der Waals surface area contributed by atoms with E-state index in [1.165, 1.54) is 12.0 Å². The van der Waals surface area contributed by atoms with E-state index in [0.717, 1.165) is 32.6 Å². The fourth-order valence-corrected chi connectivity index (χ4v) is 2.37. The quantitative estimate of drug-likeness (QED) is 0.782. The van der Waals surface area contributed by atoms with Gasteiger partial charge < -0.3 is 14.8 Å². The van der Waals surface area contributed by atoms with Crippen LogP contribution in [0.4, 0.5) is 0 Å². The summed E-state index contributed by atoms with van der Waals surface area (Å²) in [5.74, 6) is 0. The summed E-state index contributed by atoms with van der Waals surface area (Å²) in [5, 5.41) is 3.55. The van der Waals surface area contributed by atoms with Crippen LogP contribution in [0.1, 0.15) is 37.8 Å². The van der Waals surface area contributed by atoms with Crippen LogP contribution in [-0.2, 0) is 9.47 Å². The molecule has 1 aromatic carbocycles. The highest BCUT2D eigenvalue weighted by atomic mass is 16.5. The summed E-state index contributed by atoms with van der Waals surface area (Å²) in [4.78, 5) is 0. The molecule has 1 aliphatic heterocycles. The zero-order valence-electron chi connectivity index (χ0n) is 11.8. The first kappa shape index (κ1) is 14.5. The smallest absolute Gasteiger partial charge is 0.0809 e. The predicted octanol–water partition coefficient (Wildman–Crippen LogP) is 2.92. The van der Waals surface area contributed by atoms with Crippen molar-refractivity contribution in [3.8, 4) is 0 Å². The zero-order chi connectivity index (χ0) is 13.3. The lowest BCUT2D eigenvalue weighted by atomic mass is 10.1. The number of nitrogens with one attached hydrogen (secondary N) is 1. The lowest BCUT2D eigenvalue weighted by Crippen LogP contribution is -2.28. The average Bonchev–Trinajstić information content (AvgIpc) is 2.97. The Morgan fingerprint density at radius 2 is 2.21 bits per heavy atom. The minimum absolute atomic E-state index is 0.280. The van der Waals surface area contributed by atoms with E-state index in [1.807, 2.05) is 6.07 Å². The van der Waals surface area contributed by atoms with Crippen LogP contribution in [0.2, 0.25) is 0 Å². The number of benzene rings is 1. The van der Waals surface area contributed by atoms with E-state index in [4.69, 9.17) is 9.47 Å². The molecule has 0 aliphatic carbocycles. The molecule has 0 saturated carbocycles. The van der Waals surface area contributed by atoms with Crippen LogP contribution in [0.15, 0.2) is 30.3 Å². The molecule has 0 amide bonds. The Kier molecular flexibility index (Phi) is 6.34. The SMILES string of the molecule is CCCNC(COCC1CCCO1)c1ccccc1. The molecule has 19 heavy (non-hydrogen) atoms. The Balaban J connectivity index is 1.79. The van der Waals surface area contributed by atoms with E-state index in [2.05, 4.69) is 36.5 Å². The summed E-state index contributed by atoms with van der Waals surface area (Å²) in [7, 11) is 0. The average molecular weight is 263 g/mol. The van der Waals surface area contributed by atoms with Crippen LogP contribution in [0.25, 0.3) is 0 Å². The first-order chi connectivity index (χ1) is 9.40. The topological polar surface area (TPSA) is 30.5 Å². The molecule has 1 N–H and O–H groups in total. The third kappa shape index (κ3) is 4.94. The Bertz CT molecular complexity index is 336. The van der Waals surface area contributed by atoms with Crippen molar-refractivity contribution in [2.75, 3.05) is 26.4 Å². The summed E-state index contributed by atoms with van der Waals surface area (Å²) >= 11 is 0. The second-order valence-corrected chi connectivity index (χ2v) is 5.09. The van der Waals surface area contributed by atoms with Gasteiger partial charge in [0.05, 0.1) is 25.4 Å². The predicted molar refractivity (Wildman–Crippen MR) is 77.3 cm³/mol. The minimum Gasteiger partial charge on any atom is -0.377 e. The lowest BCUT2D eigenvalue weighted by Gasteiger charge is -2.20. The zero-order valence-corrected chi connectivity index (χ0v) is 11.8. The van der Waals surface area contributed by atoms with Gasteiger partial charge in [-0.3, -0.25) is 0 Å². The largest absolute Gasteiger partial charge is 0.377 e. The van der Waals surface area contributed by atoms with Gasteiger partial charge in [0.2, 0.25) is 0 Å². The van der Waals surface area contributed by atoms with Crippen molar-refractivity contribution in [2.24, 2.45) is 0 Å². The van der Waals surface area contributed by atoms with E-state index in [0.29, 0.717) is 12.7 Å². The molecule has 1 aliphatic rings. The van der Waals surface area contributed by atoms with Gasteiger partial charge >= 0.3 is 0 Å². The maximum absolute atomic E-state index is 5.84. The molecule has 2 atom stereocenters. The van der Waals surface area contributed by atoms with Gasteiger partial charge in [0, 0.05) is 6.61 Å². The summed E-state index contributed by atoms with van der Waals surface area (Å²) < 4.78 is 11.4. The highest BCUT2D eigenvalue weighted by Gasteiger charge is 2.17. The maximum Gasteiger partial charge on any atom is 0.0809 e. The fraction of sp³-hybridized carbons (Fsp3) is 0.625. The normalized spacial score (nSPS) is 20.6. The Hall–Kier alpha value is -0.900. The van der Waals surface area contributed by atoms with E-state index in [9.17, 15) is 0 Å². The second-order valence-electron chi connectivity index (χ2n) is 5.09. The number of rotatable bonds is 8. The monoisotopic (exact) mass is 263 g/mol. The highest BCUT2D eigenvalue weighted by Crippen LogP contribution is 2.15. The summed E-state index contributed by atoms with van der Waals surface area (Å²) in [6.07, 6.45) is 3.75. The van der Waals surface area contributed by atoms with Gasteiger partial charge in [0.25, 0.3) is 0 Å². The fourth-order valence-electron chi connectivity index (χ4n) is 2.37. The first-order valence-electron chi connectivity index (χ1n) is 7.38. The minimum atomic E-state index is 0.280. The molecule has 0 aromatic heterocycles. The molecule has 3 nitrogen and oxygen atoms in total. The van der Waals surface area contributed by atoms with Crippen molar-refractivity contribution in [1.29, 1.82) is 0 Å².